The van der Waals surface area contributed by atoms with Gasteiger partial charge < -0.3 is 9.88 Å². The van der Waals surface area contributed by atoms with Crippen LogP contribution in [0.25, 0.3) is 10.9 Å². The highest BCUT2D eigenvalue weighted by Crippen LogP contribution is 2.31. The van der Waals surface area contributed by atoms with Crippen molar-refractivity contribution in [3.63, 3.8) is 0 Å². The van der Waals surface area contributed by atoms with Crippen LogP contribution in [0.2, 0.25) is 0 Å². The minimum absolute atomic E-state index is 0.0488. The smallest absolute Gasteiger partial charge is 0.230 e. The van der Waals surface area contributed by atoms with Crippen LogP contribution >= 0.6 is 0 Å². The number of benzene rings is 1. The molecule has 2 aromatic heterocycles. The molecule has 1 N–H and O–H groups in total. The van der Waals surface area contributed by atoms with Crippen molar-refractivity contribution in [3.05, 3.63) is 59.5 Å². The van der Waals surface area contributed by atoms with E-state index in [0.717, 1.165) is 35.1 Å². The Kier molecular flexibility index (Phi) is 4.52. The predicted octanol–water partition coefficient (Wildman–Crippen LogP) is 4.06. The van der Waals surface area contributed by atoms with E-state index < -0.39 is 0 Å². The molecule has 1 aromatic carbocycles. The number of para-hydroxylation sites is 1. The van der Waals surface area contributed by atoms with Gasteiger partial charge in [-0.2, -0.15) is 0 Å². The average molecular weight is 361 g/mol. The number of hydrogen-bond donors (Lipinski definition) is 1. The van der Waals surface area contributed by atoms with Crippen molar-refractivity contribution >= 4 is 28.3 Å². The molecule has 3 aromatic rings. The molecule has 1 atom stereocenters. The van der Waals surface area contributed by atoms with Crippen LogP contribution in [0.4, 0.5) is 5.69 Å². The van der Waals surface area contributed by atoms with Gasteiger partial charge in [0.05, 0.1) is 17.4 Å². The van der Waals surface area contributed by atoms with Gasteiger partial charge in [0.1, 0.15) is 0 Å². The van der Waals surface area contributed by atoms with E-state index in [1.54, 1.807) is 11.1 Å². The van der Waals surface area contributed by atoms with E-state index in [4.69, 9.17) is 0 Å². The zero-order valence-electron chi connectivity index (χ0n) is 15.7. The molecule has 1 aliphatic rings. The lowest BCUT2D eigenvalue weighted by Gasteiger charge is -2.31. The molecule has 0 saturated heterocycles. The maximum Gasteiger partial charge on any atom is 0.230 e. The molecular weight excluding hydrogens is 338 g/mol. The van der Waals surface area contributed by atoms with Gasteiger partial charge in [-0.1, -0.05) is 18.2 Å². The predicted molar refractivity (Wildman–Crippen MR) is 106 cm³/mol. The number of amides is 1. The van der Waals surface area contributed by atoms with Crippen molar-refractivity contribution in [2.24, 2.45) is 5.92 Å². The molecular formula is C22H23N3O2. The summed E-state index contributed by atoms with van der Waals surface area (Å²) in [7, 11) is 1.83. The number of Topliss-reactive ketones (excluding diaryl/α,β-unsaturated/α-hetero) is 1. The Labute approximate surface area is 158 Å². The van der Waals surface area contributed by atoms with Crippen LogP contribution in [0.1, 0.15) is 41.0 Å². The van der Waals surface area contributed by atoms with E-state index >= 15 is 0 Å². The molecule has 0 unspecified atom stereocenters. The number of nitrogens with zero attached hydrogens (tertiary/aromatic N) is 2. The monoisotopic (exact) mass is 361 g/mol. The number of ketones is 1. The maximum absolute atomic E-state index is 12.6. The van der Waals surface area contributed by atoms with Crippen molar-refractivity contribution < 1.29 is 9.59 Å². The first-order chi connectivity index (χ1) is 13.0. The van der Waals surface area contributed by atoms with Gasteiger partial charge in [0.15, 0.2) is 5.78 Å². The molecule has 0 fully saturated rings. The third-order valence-electron chi connectivity index (χ3n) is 5.40. The summed E-state index contributed by atoms with van der Waals surface area (Å²) in [6.45, 7) is 1.93. The van der Waals surface area contributed by atoms with Crippen LogP contribution in [0.5, 0.6) is 0 Å². The number of H-pyrrole nitrogens is 1. The van der Waals surface area contributed by atoms with Crippen LogP contribution < -0.4 is 4.90 Å². The maximum atomic E-state index is 12.6. The summed E-state index contributed by atoms with van der Waals surface area (Å²) in [5, 5.41) is 1.01. The molecule has 5 nitrogen and oxygen atoms in total. The lowest BCUT2D eigenvalue weighted by molar-refractivity contribution is -0.122. The van der Waals surface area contributed by atoms with Gasteiger partial charge in [0.2, 0.25) is 5.91 Å². The van der Waals surface area contributed by atoms with E-state index in [2.05, 4.69) is 16.0 Å². The molecule has 0 spiro atoms. The number of aryl methyl sites for hydroxylation is 1. The van der Waals surface area contributed by atoms with Crippen LogP contribution in [0, 0.1) is 12.8 Å². The average Bonchev–Trinajstić information content (AvgIpc) is 3.09. The van der Waals surface area contributed by atoms with Crippen molar-refractivity contribution in [1.29, 1.82) is 0 Å². The Bertz CT molecular complexity index is 1020. The van der Waals surface area contributed by atoms with Crippen LogP contribution in [0.15, 0.2) is 42.6 Å². The van der Waals surface area contributed by atoms with E-state index in [1.165, 1.54) is 5.56 Å². The van der Waals surface area contributed by atoms with E-state index in [9.17, 15) is 9.59 Å². The first-order valence-electron chi connectivity index (χ1n) is 9.37. The summed E-state index contributed by atoms with van der Waals surface area (Å²) in [5.74, 6) is 0.182. The third kappa shape index (κ3) is 3.37. The summed E-state index contributed by atoms with van der Waals surface area (Å²) >= 11 is 0. The molecule has 1 amide bonds. The first-order valence-corrected chi connectivity index (χ1v) is 9.37. The Balaban J connectivity index is 1.39. The van der Waals surface area contributed by atoms with E-state index in [0.29, 0.717) is 18.5 Å². The largest absolute Gasteiger partial charge is 0.351 e. The van der Waals surface area contributed by atoms with Gasteiger partial charge in [0, 0.05) is 36.2 Å². The lowest BCUT2D eigenvalue weighted by atomic mass is 9.88. The third-order valence-corrected chi connectivity index (χ3v) is 5.40. The fourth-order valence-electron chi connectivity index (χ4n) is 3.92. The highest BCUT2D eigenvalue weighted by Gasteiger charge is 2.30. The second-order valence-electron chi connectivity index (χ2n) is 7.34. The van der Waals surface area contributed by atoms with Crippen molar-refractivity contribution in [3.8, 4) is 0 Å². The summed E-state index contributed by atoms with van der Waals surface area (Å²) in [5.41, 5.74) is 4.63. The SMILES string of the molecule is Cc1cc2cc(C(=O)CCC[C@H]3Cc4ccccc4N(C)C3=O)[nH]c2cn1. The fraction of sp³-hybridized carbons (Fsp3) is 0.318. The molecule has 0 aliphatic carbocycles. The Morgan fingerprint density at radius 1 is 1.30 bits per heavy atom. The normalized spacial score (nSPS) is 16.6. The summed E-state index contributed by atoms with van der Waals surface area (Å²) in [4.78, 5) is 34.3. The first kappa shape index (κ1) is 17.5. The minimum Gasteiger partial charge on any atom is -0.351 e. The van der Waals surface area contributed by atoms with Crippen LogP contribution in [-0.4, -0.2) is 28.7 Å². The Hall–Kier alpha value is -2.95. The summed E-state index contributed by atoms with van der Waals surface area (Å²) < 4.78 is 0. The number of hydrogen-bond acceptors (Lipinski definition) is 3. The lowest BCUT2D eigenvalue weighted by Crippen LogP contribution is -2.38. The number of fused-ring (bicyclic) bond motifs is 2. The van der Waals surface area contributed by atoms with Crippen LogP contribution in [-0.2, 0) is 11.2 Å². The zero-order valence-corrected chi connectivity index (χ0v) is 15.7. The number of anilines is 1. The number of aromatic amines is 1. The quantitative estimate of drug-likeness (QED) is 0.697. The molecule has 0 saturated carbocycles. The molecule has 5 heteroatoms. The fourth-order valence-corrected chi connectivity index (χ4v) is 3.92. The molecule has 3 heterocycles. The van der Waals surface area contributed by atoms with Gasteiger partial charge >= 0.3 is 0 Å². The van der Waals surface area contributed by atoms with Gasteiger partial charge in [-0.25, -0.2) is 0 Å². The van der Waals surface area contributed by atoms with Gasteiger partial charge in [-0.15, -0.1) is 0 Å². The van der Waals surface area contributed by atoms with Crippen molar-refractivity contribution in [2.45, 2.75) is 32.6 Å². The number of rotatable bonds is 5. The number of aromatic nitrogens is 2. The number of carbonyl (C=O) groups excluding carboxylic acids is 2. The van der Waals surface area contributed by atoms with Crippen molar-refractivity contribution in [1.82, 2.24) is 9.97 Å². The van der Waals surface area contributed by atoms with E-state index in [1.807, 2.05) is 44.3 Å². The Morgan fingerprint density at radius 3 is 2.96 bits per heavy atom. The highest BCUT2D eigenvalue weighted by molar-refractivity contribution is 5.99. The molecule has 0 radical (unpaired) electrons. The van der Waals surface area contributed by atoms with Crippen LogP contribution in [0.3, 0.4) is 0 Å². The number of carbonyl (C=O) groups is 2. The second-order valence-corrected chi connectivity index (χ2v) is 7.34. The topological polar surface area (TPSA) is 66.1 Å². The molecule has 1 aliphatic heterocycles. The number of pyridine rings is 1. The van der Waals surface area contributed by atoms with E-state index in [-0.39, 0.29) is 17.6 Å². The second kappa shape index (κ2) is 6.99. The highest BCUT2D eigenvalue weighted by atomic mass is 16.2. The Morgan fingerprint density at radius 2 is 2.11 bits per heavy atom. The summed E-state index contributed by atoms with van der Waals surface area (Å²) in [6, 6.07) is 11.9. The molecule has 4 rings (SSSR count). The summed E-state index contributed by atoms with van der Waals surface area (Å²) in [6.07, 6.45) is 4.39. The standard InChI is InChI=1S/C22H23N3O2/c1-14-10-17-12-18(24-19(17)13-23-14)21(26)9-5-7-16-11-15-6-3-4-8-20(15)25(2)22(16)27/h3-4,6,8,10,12-13,16,24H,5,7,9,11H2,1-2H3/t16-/m0/s1. The molecule has 0 bridgehead atoms. The number of nitrogens with one attached hydrogen (secondary N) is 1. The van der Waals surface area contributed by atoms with Gasteiger partial charge in [-0.3, -0.25) is 14.6 Å². The minimum atomic E-state index is -0.0488. The molecule has 27 heavy (non-hydrogen) atoms. The zero-order chi connectivity index (χ0) is 19.0. The molecule has 138 valence electrons. The van der Waals surface area contributed by atoms with Crippen molar-refractivity contribution in [2.75, 3.05) is 11.9 Å². The van der Waals surface area contributed by atoms with Gasteiger partial charge in [-0.05, 0) is 49.9 Å². The van der Waals surface area contributed by atoms with Gasteiger partial charge in [0.25, 0.3) is 0 Å².